The molecule has 1 unspecified atom stereocenters. The maximum atomic E-state index is 13.3. The molecular weight excluding hydrogens is 472 g/mol. The fraction of sp³-hybridized carbons (Fsp3) is 0.192. The second kappa shape index (κ2) is 10.1. The second-order valence-electron chi connectivity index (χ2n) is 7.71. The molecule has 8 nitrogen and oxygen atoms in total. The number of benzene rings is 2. The van der Waals surface area contributed by atoms with E-state index in [1.54, 1.807) is 30.6 Å². The normalized spacial score (nSPS) is 16.9. The summed E-state index contributed by atoms with van der Waals surface area (Å²) in [7, 11) is 4.37. The monoisotopic (exact) mass is 494 g/mol. The minimum Gasteiger partial charge on any atom is -0.507 e. The maximum absolute atomic E-state index is 13.3. The van der Waals surface area contributed by atoms with Gasteiger partial charge in [0.25, 0.3) is 11.7 Å². The van der Waals surface area contributed by atoms with Crippen molar-refractivity contribution in [2.75, 3.05) is 21.3 Å². The lowest BCUT2D eigenvalue weighted by atomic mass is 9.95. The lowest BCUT2D eigenvalue weighted by Crippen LogP contribution is -2.29. The highest BCUT2D eigenvalue weighted by Gasteiger charge is 2.46. The number of hydrogen-bond acceptors (Lipinski definition) is 7. The van der Waals surface area contributed by atoms with Gasteiger partial charge in [0.15, 0.2) is 0 Å². The number of aliphatic hydroxyl groups is 1. The number of halogens is 1. The average Bonchev–Trinajstić information content (AvgIpc) is 3.13. The standard InChI is InChI=1S/C26H23ClN2O6/c1-33-19-9-5-4-7-16(19)14-29-23(15-8-6-10-28-13-15)22(25(31)26(29)32)24(30)17-11-21(35-3)18(27)12-20(17)34-2/h4-13,23,30H,14H2,1-3H3/b24-22+. The predicted octanol–water partition coefficient (Wildman–Crippen LogP) is 4.38. The summed E-state index contributed by atoms with van der Waals surface area (Å²) in [6, 6.07) is 12.7. The van der Waals surface area contributed by atoms with Gasteiger partial charge in [0, 0.05) is 24.0 Å². The van der Waals surface area contributed by atoms with Gasteiger partial charge in [0.1, 0.15) is 23.0 Å². The number of para-hydroxylation sites is 1. The van der Waals surface area contributed by atoms with Crippen LogP contribution in [0.4, 0.5) is 0 Å². The topological polar surface area (TPSA) is 98.2 Å². The molecule has 1 fully saturated rings. The Morgan fingerprint density at radius 3 is 2.37 bits per heavy atom. The molecular formula is C26H23ClN2O6. The zero-order chi connectivity index (χ0) is 25.1. The van der Waals surface area contributed by atoms with Gasteiger partial charge in [0.2, 0.25) is 0 Å². The van der Waals surface area contributed by atoms with E-state index in [4.69, 9.17) is 25.8 Å². The summed E-state index contributed by atoms with van der Waals surface area (Å²) in [5, 5.41) is 11.7. The van der Waals surface area contributed by atoms with E-state index in [-0.39, 0.29) is 34.2 Å². The van der Waals surface area contributed by atoms with Crippen LogP contribution in [0.15, 0.2) is 66.5 Å². The number of carbonyl (C=O) groups excluding carboxylic acids is 2. The summed E-state index contributed by atoms with van der Waals surface area (Å²) in [5.41, 5.74) is 1.33. The van der Waals surface area contributed by atoms with Gasteiger partial charge >= 0.3 is 0 Å². The van der Waals surface area contributed by atoms with Crippen LogP contribution in [0.2, 0.25) is 5.02 Å². The molecule has 1 aromatic heterocycles. The fourth-order valence-electron chi connectivity index (χ4n) is 4.14. The van der Waals surface area contributed by atoms with Crippen molar-refractivity contribution < 1.29 is 28.9 Å². The number of ether oxygens (including phenoxy) is 3. The molecule has 1 aliphatic rings. The maximum Gasteiger partial charge on any atom is 0.295 e. The highest BCUT2D eigenvalue weighted by molar-refractivity contribution is 6.46. The van der Waals surface area contributed by atoms with Crippen LogP contribution in [-0.4, -0.2) is 48.0 Å². The molecule has 0 saturated carbocycles. The SMILES string of the molecule is COc1cc(/C(O)=C2\C(=O)C(=O)N(Cc3ccccc3OC)C2c2cccnc2)c(OC)cc1Cl. The number of ketones is 1. The van der Waals surface area contributed by atoms with Crippen molar-refractivity contribution in [2.24, 2.45) is 0 Å². The van der Waals surface area contributed by atoms with Crippen molar-refractivity contribution in [1.82, 2.24) is 9.88 Å². The molecule has 4 rings (SSSR count). The summed E-state index contributed by atoms with van der Waals surface area (Å²) < 4.78 is 16.1. The number of Topliss-reactive ketones (excluding diaryl/α,β-unsaturated/α-hetero) is 1. The van der Waals surface area contributed by atoms with E-state index in [1.165, 1.54) is 38.4 Å². The molecule has 1 saturated heterocycles. The third-order valence-electron chi connectivity index (χ3n) is 5.80. The van der Waals surface area contributed by atoms with E-state index in [0.717, 1.165) is 0 Å². The molecule has 2 aromatic carbocycles. The fourth-order valence-corrected chi connectivity index (χ4v) is 4.37. The molecule has 0 spiro atoms. The molecule has 0 radical (unpaired) electrons. The zero-order valence-electron chi connectivity index (χ0n) is 19.3. The highest BCUT2D eigenvalue weighted by atomic mass is 35.5. The number of methoxy groups -OCH3 is 3. The van der Waals surface area contributed by atoms with Crippen LogP contribution in [0.5, 0.6) is 17.2 Å². The molecule has 0 aliphatic carbocycles. The van der Waals surface area contributed by atoms with Gasteiger partial charge in [-0.3, -0.25) is 14.6 Å². The Labute approximate surface area is 207 Å². The van der Waals surface area contributed by atoms with Crippen molar-refractivity contribution in [1.29, 1.82) is 0 Å². The van der Waals surface area contributed by atoms with Crippen LogP contribution in [0, 0.1) is 0 Å². The van der Waals surface area contributed by atoms with Gasteiger partial charge < -0.3 is 24.2 Å². The van der Waals surface area contributed by atoms with E-state index >= 15 is 0 Å². The average molecular weight is 495 g/mol. The summed E-state index contributed by atoms with van der Waals surface area (Å²) >= 11 is 6.21. The van der Waals surface area contributed by atoms with Crippen molar-refractivity contribution in [3.8, 4) is 17.2 Å². The number of carbonyl (C=O) groups is 2. The molecule has 35 heavy (non-hydrogen) atoms. The van der Waals surface area contributed by atoms with E-state index < -0.39 is 23.5 Å². The van der Waals surface area contributed by atoms with Crippen LogP contribution in [0.3, 0.4) is 0 Å². The minimum absolute atomic E-state index is 0.0754. The van der Waals surface area contributed by atoms with Crippen molar-refractivity contribution in [2.45, 2.75) is 12.6 Å². The summed E-state index contributed by atoms with van der Waals surface area (Å²) in [6.45, 7) is 0.0754. The van der Waals surface area contributed by atoms with Gasteiger partial charge in [0.05, 0.1) is 50.1 Å². The van der Waals surface area contributed by atoms with Crippen molar-refractivity contribution in [3.05, 3.63) is 88.2 Å². The number of amides is 1. The number of nitrogens with zero attached hydrogens (tertiary/aromatic N) is 2. The predicted molar refractivity (Wildman–Crippen MR) is 130 cm³/mol. The number of pyridine rings is 1. The zero-order valence-corrected chi connectivity index (χ0v) is 20.1. The molecule has 1 amide bonds. The molecule has 1 aliphatic heterocycles. The Balaban J connectivity index is 1.92. The lowest BCUT2D eigenvalue weighted by molar-refractivity contribution is -0.140. The second-order valence-corrected chi connectivity index (χ2v) is 8.12. The van der Waals surface area contributed by atoms with Gasteiger partial charge in [-0.2, -0.15) is 0 Å². The molecule has 1 N–H and O–H groups in total. The molecule has 2 heterocycles. The number of hydrogen-bond donors (Lipinski definition) is 1. The quantitative estimate of drug-likeness (QED) is 0.295. The first-order valence-corrected chi connectivity index (χ1v) is 11.0. The first-order valence-electron chi connectivity index (χ1n) is 10.6. The van der Waals surface area contributed by atoms with Crippen LogP contribution >= 0.6 is 11.6 Å². The molecule has 1 atom stereocenters. The third kappa shape index (κ3) is 4.40. The molecule has 0 bridgehead atoms. The van der Waals surface area contributed by atoms with Gasteiger partial charge in [-0.05, 0) is 23.8 Å². The minimum atomic E-state index is -0.903. The molecule has 180 valence electrons. The highest BCUT2D eigenvalue weighted by Crippen LogP contribution is 2.43. The van der Waals surface area contributed by atoms with Crippen LogP contribution < -0.4 is 14.2 Å². The summed E-state index contributed by atoms with van der Waals surface area (Å²) in [4.78, 5) is 32.1. The number of rotatable bonds is 7. The van der Waals surface area contributed by atoms with E-state index in [2.05, 4.69) is 4.98 Å². The first kappa shape index (κ1) is 24.1. The number of likely N-dealkylation sites (tertiary alicyclic amines) is 1. The largest absolute Gasteiger partial charge is 0.507 e. The van der Waals surface area contributed by atoms with E-state index in [9.17, 15) is 14.7 Å². The number of aliphatic hydroxyl groups excluding tert-OH is 1. The van der Waals surface area contributed by atoms with Crippen molar-refractivity contribution in [3.63, 3.8) is 0 Å². The number of aromatic nitrogens is 1. The van der Waals surface area contributed by atoms with Crippen molar-refractivity contribution >= 4 is 29.1 Å². The Bertz CT molecular complexity index is 1310. The van der Waals surface area contributed by atoms with Crippen LogP contribution in [0.1, 0.15) is 22.7 Å². The Morgan fingerprint density at radius 2 is 1.71 bits per heavy atom. The Kier molecular flexibility index (Phi) is 6.93. The lowest BCUT2D eigenvalue weighted by Gasteiger charge is -2.26. The summed E-state index contributed by atoms with van der Waals surface area (Å²) in [5.74, 6) is -0.937. The Hall–Kier alpha value is -4.04. The molecule has 9 heteroatoms. The van der Waals surface area contributed by atoms with Gasteiger partial charge in [-0.1, -0.05) is 35.9 Å². The van der Waals surface area contributed by atoms with Gasteiger partial charge in [-0.15, -0.1) is 0 Å². The van der Waals surface area contributed by atoms with Crippen LogP contribution in [-0.2, 0) is 16.1 Å². The van der Waals surface area contributed by atoms with Gasteiger partial charge in [-0.25, -0.2) is 0 Å². The smallest absolute Gasteiger partial charge is 0.295 e. The summed E-state index contributed by atoms with van der Waals surface area (Å²) in [6.07, 6.45) is 3.14. The molecule has 3 aromatic rings. The first-order chi connectivity index (χ1) is 16.9. The Morgan fingerprint density at radius 1 is 1.00 bits per heavy atom. The van der Waals surface area contributed by atoms with E-state index in [0.29, 0.717) is 16.9 Å². The van der Waals surface area contributed by atoms with E-state index in [1.807, 2.05) is 18.2 Å². The van der Waals surface area contributed by atoms with Crippen LogP contribution in [0.25, 0.3) is 5.76 Å². The third-order valence-corrected chi connectivity index (χ3v) is 6.10.